The molecule has 1 atom stereocenters. The summed E-state index contributed by atoms with van der Waals surface area (Å²) in [5.41, 5.74) is 1.04. The number of carboxylic acids is 1. The Balaban J connectivity index is 2.12. The SMILES string of the molecule is CC(C(=O)O)c1nc(C=Cc2ccccc2)n[nH]1. The first kappa shape index (κ1) is 12.0. The van der Waals surface area contributed by atoms with Crippen molar-refractivity contribution in [1.82, 2.24) is 15.2 Å². The topological polar surface area (TPSA) is 78.9 Å². The van der Waals surface area contributed by atoms with Crippen molar-refractivity contribution in [2.75, 3.05) is 0 Å². The van der Waals surface area contributed by atoms with E-state index < -0.39 is 11.9 Å². The molecule has 1 aromatic carbocycles. The third kappa shape index (κ3) is 2.82. The molecule has 0 aliphatic heterocycles. The van der Waals surface area contributed by atoms with Crippen molar-refractivity contribution < 1.29 is 9.90 Å². The van der Waals surface area contributed by atoms with Crippen molar-refractivity contribution in [2.24, 2.45) is 0 Å². The Morgan fingerprint density at radius 3 is 2.72 bits per heavy atom. The number of aromatic amines is 1. The first-order chi connectivity index (χ1) is 8.66. The Kier molecular flexibility index (Phi) is 3.52. The lowest BCUT2D eigenvalue weighted by Crippen LogP contribution is -2.08. The average molecular weight is 243 g/mol. The molecule has 0 saturated heterocycles. The van der Waals surface area contributed by atoms with Gasteiger partial charge in [0.25, 0.3) is 0 Å². The van der Waals surface area contributed by atoms with Crippen LogP contribution in [-0.4, -0.2) is 26.3 Å². The fourth-order valence-corrected chi connectivity index (χ4v) is 1.41. The highest BCUT2D eigenvalue weighted by Gasteiger charge is 2.17. The number of benzene rings is 1. The van der Waals surface area contributed by atoms with E-state index in [0.29, 0.717) is 11.6 Å². The van der Waals surface area contributed by atoms with E-state index in [0.717, 1.165) is 5.56 Å². The summed E-state index contributed by atoms with van der Waals surface area (Å²) in [7, 11) is 0. The lowest BCUT2D eigenvalue weighted by molar-refractivity contribution is -0.138. The lowest BCUT2D eigenvalue weighted by Gasteiger charge is -1.98. The molecule has 1 aromatic heterocycles. The van der Waals surface area contributed by atoms with Gasteiger partial charge in [0.05, 0.1) is 0 Å². The Morgan fingerprint density at radius 2 is 2.06 bits per heavy atom. The molecule has 2 aromatic rings. The van der Waals surface area contributed by atoms with Crippen molar-refractivity contribution in [3.63, 3.8) is 0 Å². The van der Waals surface area contributed by atoms with Crippen molar-refractivity contribution in [3.05, 3.63) is 47.5 Å². The molecule has 0 saturated carbocycles. The molecule has 0 radical (unpaired) electrons. The van der Waals surface area contributed by atoms with Crippen LogP contribution in [0.3, 0.4) is 0 Å². The molecule has 5 nitrogen and oxygen atoms in total. The number of carboxylic acid groups (broad SMARTS) is 1. The first-order valence-electron chi connectivity index (χ1n) is 5.55. The molecule has 5 heteroatoms. The van der Waals surface area contributed by atoms with E-state index in [2.05, 4.69) is 15.2 Å². The van der Waals surface area contributed by atoms with Crippen LogP contribution in [0.15, 0.2) is 30.3 Å². The Bertz CT molecular complexity index is 561. The molecule has 0 bridgehead atoms. The second-order valence-corrected chi connectivity index (χ2v) is 3.88. The fourth-order valence-electron chi connectivity index (χ4n) is 1.41. The number of nitrogens with zero attached hydrogens (tertiary/aromatic N) is 2. The van der Waals surface area contributed by atoms with Gasteiger partial charge in [0, 0.05) is 0 Å². The van der Waals surface area contributed by atoms with Crippen LogP contribution < -0.4 is 0 Å². The zero-order valence-electron chi connectivity index (χ0n) is 9.87. The van der Waals surface area contributed by atoms with E-state index in [4.69, 9.17) is 5.11 Å². The van der Waals surface area contributed by atoms with Gasteiger partial charge in [-0.05, 0) is 18.6 Å². The van der Waals surface area contributed by atoms with Gasteiger partial charge in [0.2, 0.25) is 0 Å². The van der Waals surface area contributed by atoms with Crippen molar-refractivity contribution in [3.8, 4) is 0 Å². The predicted molar refractivity (Wildman–Crippen MR) is 67.8 cm³/mol. The highest BCUT2D eigenvalue weighted by atomic mass is 16.4. The van der Waals surface area contributed by atoms with Crippen LogP contribution in [0.2, 0.25) is 0 Å². The van der Waals surface area contributed by atoms with Crippen LogP contribution in [-0.2, 0) is 4.79 Å². The standard InChI is InChI=1S/C13H13N3O2/c1-9(13(17)18)12-14-11(15-16-12)8-7-10-5-3-2-4-6-10/h2-9H,1H3,(H,17,18)(H,14,15,16). The number of rotatable bonds is 4. The predicted octanol–water partition coefficient (Wildman–Crippen LogP) is 2.16. The zero-order valence-corrected chi connectivity index (χ0v) is 9.87. The van der Waals surface area contributed by atoms with Gasteiger partial charge < -0.3 is 5.11 Å². The van der Waals surface area contributed by atoms with Crippen LogP contribution in [0.4, 0.5) is 0 Å². The van der Waals surface area contributed by atoms with Gasteiger partial charge in [-0.1, -0.05) is 36.4 Å². The maximum atomic E-state index is 10.8. The monoisotopic (exact) mass is 243 g/mol. The summed E-state index contributed by atoms with van der Waals surface area (Å²) in [4.78, 5) is 14.9. The maximum Gasteiger partial charge on any atom is 0.313 e. The van der Waals surface area contributed by atoms with Crippen LogP contribution in [0.5, 0.6) is 0 Å². The normalized spacial score (nSPS) is 12.7. The third-order valence-corrected chi connectivity index (χ3v) is 2.53. The number of nitrogens with one attached hydrogen (secondary N) is 1. The maximum absolute atomic E-state index is 10.8. The van der Waals surface area contributed by atoms with Gasteiger partial charge in [0.1, 0.15) is 11.7 Å². The van der Waals surface area contributed by atoms with Gasteiger partial charge in [-0.2, -0.15) is 5.10 Å². The van der Waals surface area contributed by atoms with E-state index in [1.54, 1.807) is 13.0 Å². The molecule has 0 aliphatic rings. The lowest BCUT2D eigenvalue weighted by atomic mass is 10.2. The molecule has 0 amide bonds. The summed E-state index contributed by atoms with van der Waals surface area (Å²) in [6, 6.07) is 9.75. The molecule has 2 N–H and O–H groups in total. The van der Waals surface area contributed by atoms with E-state index in [-0.39, 0.29) is 0 Å². The molecular formula is C13H13N3O2. The number of aliphatic carboxylic acids is 1. The Morgan fingerprint density at radius 1 is 1.33 bits per heavy atom. The summed E-state index contributed by atoms with van der Waals surface area (Å²) >= 11 is 0. The summed E-state index contributed by atoms with van der Waals surface area (Å²) in [6.45, 7) is 1.56. The quantitative estimate of drug-likeness (QED) is 0.862. The van der Waals surface area contributed by atoms with Gasteiger partial charge >= 0.3 is 5.97 Å². The molecule has 1 unspecified atom stereocenters. The summed E-state index contributed by atoms with van der Waals surface area (Å²) in [5, 5.41) is 15.4. The summed E-state index contributed by atoms with van der Waals surface area (Å²) in [5.74, 6) is -0.779. The van der Waals surface area contributed by atoms with Crippen LogP contribution in [0.1, 0.15) is 30.1 Å². The van der Waals surface area contributed by atoms with Gasteiger partial charge in [-0.25, -0.2) is 4.98 Å². The highest BCUT2D eigenvalue weighted by molar-refractivity contribution is 5.74. The third-order valence-electron chi connectivity index (χ3n) is 2.53. The van der Waals surface area contributed by atoms with E-state index in [9.17, 15) is 4.79 Å². The molecule has 1 heterocycles. The Labute approximate surface area is 104 Å². The summed E-state index contributed by atoms with van der Waals surface area (Å²) in [6.07, 6.45) is 3.61. The van der Waals surface area contributed by atoms with E-state index >= 15 is 0 Å². The second kappa shape index (κ2) is 5.27. The van der Waals surface area contributed by atoms with E-state index in [1.165, 1.54) is 0 Å². The number of hydrogen-bond donors (Lipinski definition) is 2. The molecule has 0 fully saturated rings. The van der Waals surface area contributed by atoms with Crippen LogP contribution >= 0.6 is 0 Å². The molecule has 2 rings (SSSR count). The minimum Gasteiger partial charge on any atom is -0.481 e. The number of hydrogen-bond acceptors (Lipinski definition) is 3. The smallest absolute Gasteiger partial charge is 0.313 e. The minimum atomic E-state index is -0.926. The van der Waals surface area contributed by atoms with Crippen LogP contribution in [0.25, 0.3) is 12.2 Å². The highest BCUT2D eigenvalue weighted by Crippen LogP contribution is 2.11. The van der Waals surface area contributed by atoms with Crippen molar-refractivity contribution in [2.45, 2.75) is 12.8 Å². The molecule has 18 heavy (non-hydrogen) atoms. The Hall–Kier alpha value is -2.43. The molecule has 0 spiro atoms. The van der Waals surface area contributed by atoms with Gasteiger partial charge in [-0.15, -0.1) is 0 Å². The summed E-state index contributed by atoms with van der Waals surface area (Å²) < 4.78 is 0. The van der Waals surface area contributed by atoms with E-state index in [1.807, 2.05) is 36.4 Å². The van der Waals surface area contributed by atoms with Crippen LogP contribution in [0, 0.1) is 0 Å². The zero-order chi connectivity index (χ0) is 13.0. The number of carbonyl (C=O) groups is 1. The number of aromatic nitrogens is 3. The number of H-pyrrole nitrogens is 1. The largest absolute Gasteiger partial charge is 0.481 e. The van der Waals surface area contributed by atoms with Gasteiger partial charge in [0.15, 0.2) is 5.82 Å². The average Bonchev–Trinajstić information content (AvgIpc) is 2.85. The van der Waals surface area contributed by atoms with Crippen molar-refractivity contribution >= 4 is 18.1 Å². The first-order valence-corrected chi connectivity index (χ1v) is 5.55. The second-order valence-electron chi connectivity index (χ2n) is 3.88. The molecule has 0 aliphatic carbocycles. The fraction of sp³-hybridized carbons (Fsp3) is 0.154. The minimum absolute atomic E-state index is 0.357. The molecular weight excluding hydrogens is 230 g/mol. The molecule has 92 valence electrons. The van der Waals surface area contributed by atoms with Gasteiger partial charge in [-0.3, -0.25) is 9.89 Å². The van der Waals surface area contributed by atoms with Crippen molar-refractivity contribution in [1.29, 1.82) is 0 Å².